The molecule has 0 radical (unpaired) electrons. The summed E-state index contributed by atoms with van der Waals surface area (Å²) in [5.74, 6) is 6.87. The zero-order valence-electron chi connectivity index (χ0n) is 8.38. The highest BCUT2D eigenvalue weighted by molar-refractivity contribution is 9.09. The third-order valence-electron chi connectivity index (χ3n) is 1.54. The van der Waals surface area contributed by atoms with Gasteiger partial charge in [0.15, 0.2) is 0 Å². The molecule has 0 aliphatic rings. The van der Waals surface area contributed by atoms with Gasteiger partial charge in [-0.25, -0.2) is 0 Å². The number of benzene rings is 1. The maximum Gasteiger partial charge on any atom is 0.135 e. The number of halogens is 1. The van der Waals surface area contributed by atoms with Gasteiger partial charge in [0.1, 0.15) is 5.75 Å². The van der Waals surface area contributed by atoms with Crippen LogP contribution in [0.25, 0.3) is 0 Å². The maximum atomic E-state index is 5.62. The van der Waals surface area contributed by atoms with Gasteiger partial charge < -0.3 is 4.74 Å². The van der Waals surface area contributed by atoms with Crippen molar-refractivity contribution in [3.63, 3.8) is 0 Å². The summed E-state index contributed by atoms with van der Waals surface area (Å²) in [5, 5.41) is 0.684. The fourth-order valence-corrected chi connectivity index (χ4v) is 1.20. The van der Waals surface area contributed by atoms with E-state index in [1.807, 2.05) is 38.1 Å². The maximum absolute atomic E-state index is 5.62. The first-order valence-corrected chi connectivity index (χ1v) is 5.66. The highest BCUT2D eigenvalue weighted by atomic mass is 79.9. The van der Waals surface area contributed by atoms with Crippen LogP contribution in [0.5, 0.6) is 5.75 Å². The molecular weight excluding hydrogens is 240 g/mol. The monoisotopic (exact) mass is 252 g/mol. The standard InChI is InChI=1S/C12H13BrO/c1-10(2)14-12-8-4-3-6-11(12)7-5-9-13/h3-4,6,8,10H,9H2,1-2H3. The zero-order valence-corrected chi connectivity index (χ0v) is 9.97. The van der Waals surface area contributed by atoms with Crippen molar-refractivity contribution >= 4 is 15.9 Å². The smallest absolute Gasteiger partial charge is 0.135 e. The first-order chi connectivity index (χ1) is 6.74. The molecule has 0 spiro atoms. The molecule has 0 aliphatic heterocycles. The molecular formula is C12H13BrO. The van der Waals surface area contributed by atoms with Gasteiger partial charge in [0, 0.05) is 0 Å². The number of hydrogen-bond donors (Lipinski definition) is 0. The Morgan fingerprint density at radius 3 is 2.71 bits per heavy atom. The molecule has 1 aromatic carbocycles. The Kier molecular flexibility index (Phi) is 4.55. The minimum absolute atomic E-state index is 0.182. The Morgan fingerprint density at radius 2 is 2.07 bits per heavy atom. The van der Waals surface area contributed by atoms with Gasteiger partial charge in [-0.3, -0.25) is 0 Å². The Bertz CT molecular complexity index is 347. The molecule has 0 bridgehead atoms. The van der Waals surface area contributed by atoms with Gasteiger partial charge in [0.05, 0.1) is 17.0 Å². The summed E-state index contributed by atoms with van der Waals surface area (Å²) < 4.78 is 5.62. The second-order valence-electron chi connectivity index (χ2n) is 3.10. The van der Waals surface area contributed by atoms with Gasteiger partial charge in [-0.15, -0.1) is 0 Å². The number of rotatable bonds is 2. The Hall–Kier alpha value is -0.940. The van der Waals surface area contributed by atoms with E-state index in [-0.39, 0.29) is 6.10 Å². The van der Waals surface area contributed by atoms with E-state index in [0.717, 1.165) is 11.3 Å². The van der Waals surface area contributed by atoms with Crippen molar-refractivity contribution in [2.75, 3.05) is 5.33 Å². The van der Waals surface area contributed by atoms with Crippen molar-refractivity contribution in [1.29, 1.82) is 0 Å². The van der Waals surface area contributed by atoms with Crippen LogP contribution < -0.4 is 4.74 Å². The van der Waals surface area contributed by atoms with Crippen LogP contribution in [0.4, 0.5) is 0 Å². The summed E-state index contributed by atoms with van der Waals surface area (Å²) in [6.07, 6.45) is 0.182. The predicted octanol–water partition coefficient (Wildman–Crippen LogP) is 3.22. The molecule has 1 nitrogen and oxygen atoms in total. The van der Waals surface area contributed by atoms with Crippen LogP contribution in [0.15, 0.2) is 24.3 Å². The molecule has 0 N–H and O–H groups in total. The van der Waals surface area contributed by atoms with Gasteiger partial charge in [-0.1, -0.05) is 39.9 Å². The molecule has 2 heteroatoms. The molecule has 1 rings (SSSR count). The summed E-state index contributed by atoms with van der Waals surface area (Å²) in [5.41, 5.74) is 0.945. The zero-order chi connectivity index (χ0) is 10.4. The van der Waals surface area contributed by atoms with Crippen molar-refractivity contribution in [1.82, 2.24) is 0 Å². The number of hydrogen-bond acceptors (Lipinski definition) is 1. The first kappa shape index (κ1) is 11.1. The van der Waals surface area contributed by atoms with E-state index in [4.69, 9.17) is 4.74 Å². The average molecular weight is 253 g/mol. The fourth-order valence-electron chi connectivity index (χ4n) is 1.06. The lowest BCUT2D eigenvalue weighted by Crippen LogP contribution is -2.06. The lowest BCUT2D eigenvalue weighted by Gasteiger charge is -2.10. The molecule has 1 aromatic rings. The van der Waals surface area contributed by atoms with E-state index < -0.39 is 0 Å². The van der Waals surface area contributed by atoms with E-state index in [9.17, 15) is 0 Å². The quantitative estimate of drug-likeness (QED) is 0.580. The van der Waals surface area contributed by atoms with Gasteiger partial charge in [0.2, 0.25) is 0 Å². The average Bonchev–Trinajstić information content (AvgIpc) is 2.16. The predicted molar refractivity (Wildman–Crippen MR) is 62.9 cm³/mol. The second-order valence-corrected chi connectivity index (χ2v) is 3.66. The molecule has 0 saturated carbocycles. The van der Waals surface area contributed by atoms with Crippen LogP contribution in [-0.2, 0) is 0 Å². The highest BCUT2D eigenvalue weighted by Crippen LogP contribution is 2.17. The minimum Gasteiger partial charge on any atom is -0.490 e. The van der Waals surface area contributed by atoms with Gasteiger partial charge in [-0.05, 0) is 26.0 Å². The topological polar surface area (TPSA) is 9.23 Å². The molecule has 0 atom stereocenters. The van der Waals surface area contributed by atoms with E-state index in [0.29, 0.717) is 5.33 Å². The number of alkyl halides is 1. The molecule has 0 saturated heterocycles. The van der Waals surface area contributed by atoms with Crippen molar-refractivity contribution in [2.24, 2.45) is 0 Å². The van der Waals surface area contributed by atoms with Crippen molar-refractivity contribution in [2.45, 2.75) is 20.0 Å². The van der Waals surface area contributed by atoms with E-state index in [2.05, 4.69) is 27.8 Å². The third-order valence-corrected chi connectivity index (χ3v) is 1.82. The summed E-state index contributed by atoms with van der Waals surface area (Å²) in [4.78, 5) is 0. The van der Waals surface area contributed by atoms with Gasteiger partial charge in [0.25, 0.3) is 0 Å². The molecule has 74 valence electrons. The summed E-state index contributed by atoms with van der Waals surface area (Å²) in [7, 11) is 0. The molecule has 0 amide bonds. The van der Waals surface area contributed by atoms with E-state index >= 15 is 0 Å². The third kappa shape index (κ3) is 3.43. The highest BCUT2D eigenvalue weighted by Gasteiger charge is 2.01. The van der Waals surface area contributed by atoms with E-state index in [1.54, 1.807) is 0 Å². The number of para-hydroxylation sites is 1. The molecule has 0 aliphatic carbocycles. The molecule has 0 aromatic heterocycles. The van der Waals surface area contributed by atoms with Gasteiger partial charge in [-0.2, -0.15) is 0 Å². The molecule has 14 heavy (non-hydrogen) atoms. The van der Waals surface area contributed by atoms with Crippen LogP contribution in [0, 0.1) is 11.8 Å². The van der Waals surface area contributed by atoms with Crippen LogP contribution >= 0.6 is 15.9 Å². The molecule has 0 heterocycles. The van der Waals surface area contributed by atoms with Crippen LogP contribution in [0.1, 0.15) is 19.4 Å². The van der Waals surface area contributed by atoms with Crippen LogP contribution in [0.3, 0.4) is 0 Å². The molecule has 0 unspecified atom stereocenters. The Balaban J connectivity index is 2.91. The number of ether oxygens (including phenoxy) is 1. The minimum atomic E-state index is 0.182. The van der Waals surface area contributed by atoms with Crippen molar-refractivity contribution in [3.8, 4) is 17.6 Å². The largest absolute Gasteiger partial charge is 0.490 e. The Morgan fingerprint density at radius 1 is 1.36 bits per heavy atom. The van der Waals surface area contributed by atoms with Crippen LogP contribution in [0.2, 0.25) is 0 Å². The lowest BCUT2D eigenvalue weighted by atomic mass is 10.2. The van der Waals surface area contributed by atoms with Crippen molar-refractivity contribution < 1.29 is 4.74 Å². The Labute approximate surface area is 93.6 Å². The molecule has 0 fully saturated rings. The van der Waals surface area contributed by atoms with Crippen molar-refractivity contribution in [3.05, 3.63) is 29.8 Å². The van der Waals surface area contributed by atoms with Crippen LogP contribution in [-0.4, -0.2) is 11.4 Å². The second kappa shape index (κ2) is 5.72. The summed E-state index contributed by atoms with van der Waals surface area (Å²) in [6.45, 7) is 4.02. The SMILES string of the molecule is CC(C)Oc1ccccc1C#CCBr. The van der Waals surface area contributed by atoms with E-state index in [1.165, 1.54) is 0 Å². The normalized spacial score (nSPS) is 9.43. The fraction of sp³-hybridized carbons (Fsp3) is 0.333. The van der Waals surface area contributed by atoms with Gasteiger partial charge >= 0.3 is 0 Å². The first-order valence-electron chi connectivity index (χ1n) is 4.54. The summed E-state index contributed by atoms with van der Waals surface area (Å²) in [6, 6.07) is 7.83. The lowest BCUT2D eigenvalue weighted by molar-refractivity contribution is 0.242. The summed E-state index contributed by atoms with van der Waals surface area (Å²) >= 11 is 3.27.